The van der Waals surface area contributed by atoms with Gasteiger partial charge in [0.2, 0.25) is 0 Å². The van der Waals surface area contributed by atoms with Crippen molar-refractivity contribution in [2.75, 3.05) is 23.3 Å². The number of alkyl halides is 3. The molecule has 0 atom stereocenters. The van der Waals surface area contributed by atoms with Crippen LogP contribution in [0.2, 0.25) is 0 Å². The summed E-state index contributed by atoms with van der Waals surface area (Å²) in [5, 5.41) is 14.2. The van der Waals surface area contributed by atoms with Crippen molar-refractivity contribution in [3.63, 3.8) is 0 Å². The molecule has 0 aliphatic carbocycles. The normalized spacial score (nSPS) is 15.8. The molecule has 0 unspecified atom stereocenters. The van der Waals surface area contributed by atoms with E-state index >= 15 is 0 Å². The monoisotopic (exact) mass is 478 g/mol. The number of carbonyl (C=O) groups is 1. The van der Waals surface area contributed by atoms with Crippen molar-refractivity contribution < 1.29 is 23.1 Å². The van der Waals surface area contributed by atoms with Crippen LogP contribution in [0.5, 0.6) is 0 Å². The predicted molar refractivity (Wildman–Crippen MR) is 123 cm³/mol. The van der Waals surface area contributed by atoms with E-state index in [2.05, 4.69) is 22.1 Å². The maximum Gasteiger partial charge on any atom is 0.433 e. The van der Waals surface area contributed by atoms with Gasteiger partial charge in [-0.1, -0.05) is 24.3 Å². The van der Waals surface area contributed by atoms with Crippen LogP contribution in [0.1, 0.15) is 55.4 Å². The molecule has 4 rings (SSSR count). The highest BCUT2D eigenvalue weighted by molar-refractivity contribution is 7.22. The molecule has 0 radical (unpaired) electrons. The Morgan fingerprint density at radius 1 is 1.18 bits per heavy atom. The summed E-state index contributed by atoms with van der Waals surface area (Å²) < 4.78 is 39.8. The van der Waals surface area contributed by atoms with E-state index in [1.165, 1.54) is 17.4 Å². The third-order valence-corrected chi connectivity index (χ3v) is 6.83. The van der Waals surface area contributed by atoms with Gasteiger partial charge in [0.25, 0.3) is 5.91 Å². The highest BCUT2D eigenvalue weighted by Crippen LogP contribution is 2.38. The number of halogens is 3. The number of anilines is 2. The molecule has 33 heavy (non-hydrogen) atoms. The van der Waals surface area contributed by atoms with Crippen molar-refractivity contribution in [2.24, 2.45) is 5.92 Å². The molecular formula is C23H25F3N4O2S. The maximum absolute atomic E-state index is 13.0. The summed E-state index contributed by atoms with van der Waals surface area (Å²) in [6.45, 7) is 7.23. The highest BCUT2D eigenvalue weighted by Gasteiger charge is 2.33. The number of carbonyl (C=O) groups excluding carboxylic acids is 1. The molecule has 1 aliphatic rings. The number of hydrogen-bond donors (Lipinski definition) is 2. The number of aliphatic hydroxyl groups is 1. The minimum Gasteiger partial charge on any atom is -0.386 e. The Kier molecular flexibility index (Phi) is 6.09. The Balaban J connectivity index is 1.68. The second-order valence-electron chi connectivity index (χ2n) is 8.95. The molecule has 1 aromatic carbocycles. The zero-order chi connectivity index (χ0) is 24.0. The average molecular weight is 479 g/mol. The lowest BCUT2D eigenvalue weighted by molar-refractivity contribution is -0.141. The van der Waals surface area contributed by atoms with Gasteiger partial charge in [-0.05, 0) is 56.9 Å². The Hall–Kier alpha value is -2.72. The zero-order valence-corrected chi connectivity index (χ0v) is 19.3. The minimum atomic E-state index is -4.65. The van der Waals surface area contributed by atoms with Crippen LogP contribution in [0.4, 0.5) is 24.0 Å². The van der Waals surface area contributed by atoms with Crippen molar-refractivity contribution in [3.8, 4) is 0 Å². The van der Waals surface area contributed by atoms with E-state index in [4.69, 9.17) is 4.98 Å². The number of aromatic nitrogens is 2. The third kappa shape index (κ3) is 5.11. The second kappa shape index (κ2) is 8.57. The third-order valence-electron chi connectivity index (χ3n) is 5.75. The van der Waals surface area contributed by atoms with Crippen molar-refractivity contribution in [3.05, 3.63) is 47.3 Å². The summed E-state index contributed by atoms with van der Waals surface area (Å²) in [6.07, 6.45) is -2.47. The van der Waals surface area contributed by atoms with Gasteiger partial charge in [-0.25, -0.2) is 9.97 Å². The second-order valence-corrected chi connectivity index (χ2v) is 9.96. The van der Waals surface area contributed by atoms with Gasteiger partial charge in [0.05, 0.1) is 15.8 Å². The first-order chi connectivity index (χ1) is 15.4. The van der Waals surface area contributed by atoms with E-state index in [0.717, 1.165) is 47.9 Å². The standard InChI is InChI=1S/C23H25F3N4O2S/c1-13-7-9-30(10-8-13)21-29-17-11-14(22(2,3)32)16(12-18(17)33-21)28-20(31)15-5-4-6-19(27-15)23(24,25)26/h4-6,11-13,32H,7-10H2,1-3H3,(H,28,31). The summed E-state index contributed by atoms with van der Waals surface area (Å²) in [4.78, 5) is 23.2. The Morgan fingerprint density at radius 2 is 1.88 bits per heavy atom. The number of thiazole rings is 1. The maximum atomic E-state index is 13.0. The van der Waals surface area contributed by atoms with Crippen molar-refractivity contribution in [1.29, 1.82) is 0 Å². The number of rotatable bonds is 4. The first kappa shape index (κ1) is 23.4. The largest absolute Gasteiger partial charge is 0.433 e. The molecule has 10 heteroatoms. The first-order valence-electron chi connectivity index (χ1n) is 10.7. The molecule has 0 saturated carbocycles. The molecule has 6 nitrogen and oxygen atoms in total. The van der Waals surface area contributed by atoms with Crippen molar-refractivity contribution in [1.82, 2.24) is 9.97 Å². The lowest BCUT2D eigenvalue weighted by atomic mass is 9.96. The van der Waals surface area contributed by atoms with Crippen LogP contribution in [0, 0.1) is 5.92 Å². The SMILES string of the molecule is CC1CCN(c2nc3cc(C(C)(C)O)c(NC(=O)c4cccc(C(F)(F)F)n4)cc3s2)CC1. The van der Waals surface area contributed by atoms with E-state index in [-0.39, 0.29) is 5.69 Å². The Bertz CT molecular complexity index is 1180. The topological polar surface area (TPSA) is 78.4 Å². The minimum absolute atomic E-state index is 0.307. The molecule has 176 valence electrons. The average Bonchev–Trinajstić information content (AvgIpc) is 3.15. The van der Waals surface area contributed by atoms with Crippen LogP contribution in [0.3, 0.4) is 0 Å². The smallest absolute Gasteiger partial charge is 0.386 e. The van der Waals surface area contributed by atoms with E-state index in [1.807, 2.05) is 0 Å². The van der Waals surface area contributed by atoms with Gasteiger partial charge in [-0.15, -0.1) is 0 Å². The van der Waals surface area contributed by atoms with Crippen molar-refractivity contribution in [2.45, 2.75) is 45.4 Å². The van der Waals surface area contributed by atoms with Gasteiger partial charge in [-0.3, -0.25) is 4.79 Å². The number of piperidine rings is 1. The Morgan fingerprint density at radius 3 is 2.52 bits per heavy atom. The van der Waals surface area contributed by atoms with E-state index in [0.29, 0.717) is 22.7 Å². The number of amides is 1. The van der Waals surface area contributed by atoms with Crippen LogP contribution in [-0.4, -0.2) is 34.1 Å². The highest BCUT2D eigenvalue weighted by atomic mass is 32.1. The number of benzene rings is 1. The molecule has 1 amide bonds. The first-order valence-corrected chi connectivity index (χ1v) is 11.5. The summed E-state index contributed by atoms with van der Waals surface area (Å²) in [5.74, 6) is -0.107. The molecule has 2 N–H and O–H groups in total. The van der Waals surface area contributed by atoms with Gasteiger partial charge in [0, 0.05) is 24.3 Å². The molecule has 3 heterocycles. The number of pyridine rings is 1. The van der Waals surface area contributed by atoms with E-state index in [1.54, 1.807) is 26.0 Å². The summed E-state index contributed by atoms with van der Waals surface area (Å²) in [7, 11) is 0. The fourth-order valence-electron chi connectivity index (χ4n) is 3.81. The number of hydrogen-bond acceptors (Lipinski definition) is 6. The van der Waals surface area contributed by atoms with Crippen LogP contribution < -0.4 is 10.2 Å². The summed E-state index contributed by atoms with van der Waals surface area (Å²) in [5.41, 5.74) is -1.40. The van der Waals surface area contributed by atoms with Crippen LogP contribution in [0.15, 0.2) is 30.3 Å². The summed E-state index contributed by atoms with van der Waals surface area (Å²) in [6, 6.07) is 6.60. The molecule has 1 saturated heterocycles. The fourth-order valence-corrected chi connectivity index (χ4v) is 4.85. The van der Waals surface area contributed by atoms with Crippen LogP contribution in [0.25, 0.3) is 10.2 Å². The van der Waals surface area contributed by atoms with Gasteiger partial charge >= 0.3 is 6.18 Å². The molecule has 0 bridgehead atoms. The Labute approximate surface area is 193 Å². The van der Waals surface area contributed by atoms with Gasteiger partial charge in [0.1, 0.15) is 11.4 Å². The molecule has 1 fully saturated rings. The zero-order valence-electron chi connectivity index (χ0n) is 18.5. The molecule has 2 aromatic heterocycles. The van der Waals surface area contributed by atoms with Gasteiger partial charge in [-0.2, -0.15) is 13.2 Å². The lowest BCUT2D eigenvalue weighted by Crippen LogP contribution is -2.32. The molecule has 0 spiro atoms. The lowest BCUT2D eigenvalue weighted by Gasteiger charge is -2.29. The molecular weight excluding hydrogens is 453 g/mol. The van der Waals surface area contributed by atoms with Gasteiger partial charge in [0.15, 0.2) is 5.13 Å². The quantitative estimate of drug-likeness (QED) is 0.523. The van der Waals surface area contributed by atoms with Gasteiger partial charge < -0.3 is 15.3 Å². The van der Waals surface area contributed by atoms with Crippen LogP contribution >= 0.6 is 11.3 Å². The number of nitrogens with one attached hydrogen (secondary N) is 1. The number of nitrogens with zero attached hydrogens (tertiary/aromatic N) is 3. The van der Waals surface area contributed by atoms with E-state index < -0.39 is 23.4 Å². The molecule has 3 aromatic rings. The number of fused-ring (bicyclic) bond motifs is 1. The van der Waals surface area contributed by atoms with Crippen LogP contribution in [-0.2, 0) is 11.8 Å². The van der Waals surface area contributed by atoms with E-state index in [9.17, 15) is 23.1 Å². The fraction of sp³-hybridized carbons (Fsp3) is 0.435. The molecule has 1 aliphatic heterocycles. The summed E-state index contributed by atoms with van der Waals surface area (Å²) >= 11 is 1.48. The predicted octanol–water partition coefficient (Wildman–Crippen LogP) is 5.43. The van der Waals surface area contributed by atoms with Crippen molar-refractivity contribution >= 4 is 38.3 Å².